The highest BCUT2D eigenvalue weighted by atomic mass is 19.4. The maximum Gasteiger partial charge on any atom is 0.435 e. The van der Waals surface area contributed by atoms with E-state index in [0.29, 0.717) is 5.69 Å². The van der Waals surface area contributed by atoms with Crippen molar-refractivity contribution in [1.29, 1.82) is 0 Å². The van der Waals surface area contributed by atoms with Crippen LogP contribution < -0.4 is 0 Å². The van der Waals surface area contributed by atoms with E-state index in [-0.39, 0.29) is 0 Å². The average molecular weight is 163 g/mol. The molecule has 0 amide bonds. The van der Waals surface area contributed by atoms with Crippen LogP contribution in [0.5, 0.6) is 0 Å². The van der Waals surface area contributed by atoms with E-state index in [0.717, 1.165) is 4.68 Å². The Morgan fingerprint density at radius 3 is 2.18 bits per heavy atom. The first kappa shape index (κ1) is 8.10. The van der Waals surface area contributed by atoms with Gasteiger partial charge in [-0.1, -0.05) is 0 Å². The maximum absolute atomic E-state index is 11.9. The van der Waals surface area contributed by atoms with Crippen LogP contribution >= 0.6 is 0 Å². The lowest BCUT2D eigenvalue weighted by Gasteiger charge is -1.98. The lowest BCUT2D eigenvalue weighted by Crippen LogP contribution is -2.06. The van der Waals surface area contributed by atoms with Gasteiger partial charge in [-0.15, -0.1) is 0 Å². The van der Waals surface area contributed by atoms with Gasteiger partial charge in [-0.05, 0) is 6.92 Å². The van der Waals surface area contributed by atoms with Crippen LogP contribution in [0.1, 0.15) is 11.4 Å². The lowest BCUT2D eigenvalue weighted by molar-refractivity contribution is -0.141. The van der Waals surface area contributed by atoms with Crippen molar-refractivity contribution in [2.45, 2.75) is 13.1 Å². The third-order valence-electron chi connectivity index (χ3n) is 1.30. The van der Waals surface area contributed by atoms with Crippen molar-refractivity contribution in [3.63, 3.8) is 0 Å². The van der Waals surface area contributed by atoms with Gasteiger partial charge in [0.1, 0.15) is 0 Å². The molecule has 0 bridgehead atoms. The average Bonchev–Trinajstić information content (AvgIpc) is 2.11. The fourth-order valence-corrected chi connectivity index (χ4v) is 0.630. The fraction of sp³-hybridized carbons (Fsp3) is 0.500. The minimum Gasteiger partial charge on any atom is -0.272 e. The predicted molar refractivity (Wildman–Crippen MR) is 31.8 cm³/mol. The molecule has 1 rings (SSSR count). The molecule has 0 aliphatic heterocycles. The first-order valence-corrected chi connectivity index (χ1v) is 2.91. The van der Waals surface area contributed by atoms with Gasteiger partial charge in [0, 0.05) is 18.8 Å². The second-order valence-corrected chi connectivity index (χ2v) is 2.18. The Morgan fingerprint density at radius 1 is 1.45 bits per heavy atom. The molecule has 1 heterocycles. The highest BCUT2D eigenvalue weighted by Crippen LogP contribution is 2.27. The van der Waals surface area contributed by atoms with Gasteiger partial charge in [0.2, 0.25) is 0 Å². The molecule has 2 nitrogen and oxygen atoms in total. The summed E-state index contributed by atoms with van der Waals surface area (Å²) in [7, 11) is 1.45. The van der Waals surface area contributed by atoms with Gasteiger partial charge in [-0.25, -0.2) is 0 Å². The number of rotatable bonds is 0. The summed E-state index contributed by atoms with van der Waals surface area (Å²) in [6, 6.07) is 2.11. The van der Waals surface area contributed by atoms with Gasteiger partial charge >= 0.3 is 6.18 Å². The molecular formula is C6H6F3N2. The van der Waals surface area contributed by atoms with Crippen molar-refractivity contribution >= 4 is 0 Å². The van der Waals surface area contributed by atoms with Crippen LogP contribution in [0.25, 0.3) is 0 Å². The Bertz CT molecular complexity index is 242. The monoisotopic (exact) mass is 163 g/mol. The second kappa shape index (κ2) is 2.25. The van der Waals surface area contributed by atoms with Crippen molar-refractivity contribution < 1.29 is 13.2 Å². The number of alkyl halides is 3. The lowest BCUT2D eigenvalue weighted by atomic mass is 10.4. The van der Waals surface area contributed by atoms with E-state index in [2.05, 4.69) is 11.2 Å². The van der Waals surface area contributed by atoms with E-state index >= 15 is 0 Å². The molecule has 0 fully saturated rings. The SMILES string of the molecule is Cc1[c]c(C(F)(F)F)nn1C. The summed E-state index contributed by atoms with van der Waals surface area (Å²) in [5.74, 6) is 0. The molecule has 1 aromatic heterocycles. The Labute approximate surface area is 61.6 Å². The van der Waals surface area contributed by atoms with Crippen LogP contribution in [0.4, 0.5) is 13.2 Å². The van der Waals surface area contributed by atoms with Gasteiger partial charge < -0.3 is 0 Å². The topological polar surface area (TPSA) is 17.8 Å². The van der Waals surface area contributed by atoms with Crippen LogP contribution in [-0.4, -0.2) is 9.78 Å². The summed E-state index contributed by atoms with van der Waals surface area (Å²) in [6.45, 7) is 1.52. The van der Waals surface area contributed by atoms with Crippen molar-refractivity contribution in [1.82, 2.24) is 9.78 Å². The van der Waals surface area contributed by atoms with E-state index in [9.17, 15) is 13.2 Å². The molecule has 0 aliphatic carbocycles. The molecule has 11 heavy (non-hydrogen) atoms. The number of hydrogen-bond acceptors (Lipinski definition) is 1. The summed E-state index contributed by atoms with van der Waals surface area (Å²) >= 11 is 0. The van der Waals surface area contributed by atoms with E-state index in [1.807, 2.05) is 0 Å². The summed E-state index contributed by atoms with van der Waals surface area (Å²) in [6.07, 6.45) is -4.38. The zero-order valence-electron chi connectivity index (χ0n) is 6.03. The molecule has 0 aliphatic rings. The zero-order chi connectivity index (χ0) is 8.65. The van der Waals surface area contributed by atoms with Crippen molar-refractivity contribution in [3.8, 4) is 0 Å². The molecule has 0 aromatic carbocycles. The fourth-order valence-electron chi connectivity index (χ4n) is 0.630. The maximum atomic E-state index is 11.9. The molecule has 0 saturated heterocycles. The Morgan fingerprint density at radius 2 is 2.00 bits per heavy atom. The second-order valence-electron chi connectivity index (χ2n) is 2.18. The molecule has 1 aromatic rings. The molecule has 0 atom stereocenters. The summed E-state index contributed by atoms with van der Waals surface area (Å²) < 4.78 is 36.8. The van der Waals surface area contributed by atoms with E-state index in [1.54, 1.807) is 0 Å². The van der Waals surface area contributed by atoms with Gasteiger partial charge in [0.15, 0.2) is 5.69 Å². The molecule has 5 heteroatoms. The smallest absolute Gasteiger partial charge is 0.272 e. The number of hydrogen-bond donors (Lipinski definition) is 0. The zero-order valence-corrected chi connectivity index (χ0v) is 6.03. The van der Waals surface area contributed by atoms with Gasteiger partial charge in [0.25, 0.3) is 0 Å². The van der Waals surface area contributed by atoms with Gasteiger partial charge in [-0.3, -0.25) is 4.68 Å². The predicted octanol–water partition coefficient (Wildman–Crippen LogP) is 1.55. The summed E-state index contributed by atoms with van der Waals surface area (Å²) in [5.41, 5.74) is -0.588. The van der Waals surface area contributed by atoms with E-state index < -0.39 is 11.9 Å². The quantitative estimate of drug-likeness (QED) is 0.567. The standard InChI is InChI=1S/C6H6F3N2/c1-4-3-5(6(7,8)9)10-11(4)2/h1-2H3. The van der Waals surface area contributed by atoms with E-state index in [4.69, 9.17) is 0 Å². The first-order chi connectivity index (χ1) is 4.91. The Balaban J connectivity index is 3.08. The van der Waals surface area contributed by atoms with Gasteiger partial charge in [0.05, 0.1) is 0 Å². The first-order valence-electron chi connectivity index (χ1n) is 2.91. The highest BCUT2D eigenvalue weighted by molar-refractivity contribution is 5.08. The molecule has 0 N–H and O–H groups in total. The number of halogens is 3. The summed E-state index contributed by atoms with van der Waals surface area (Å²) in [4.78, 5) is 0. The molecule has 1 radical (unpaired) electrons. The number of aromatic nitrogens is 2. The van der Waals surface area contributed by atoms with Gasteiger partial charge in [-0.2, -0.15) is 18.3 Å². The Hall–Kier alpha value is -1.00. The van der Waals surface area contributed by atoms with Crippen LogP contribution in [0, 0.1) is 13.0 Å². The molecular weight excluding hydrogens is 157 g/mol. The van der Waals surface area contributed by atoms with Crippen LogP contribution in [0.2, 0.25) is 0 Å². The normalized spacial score (nSPS) is 12.1. The minimum absolute atomic E-state index is 0.373. The summed E-state index contributed by atoms with van der Waals surface area (Å²) in [5, 5.41) is 3.22. The minimum atomic E-state index is -4.38. The molecule has 0 unspecified atom stereocenters. The molecule has 0 spiro atoms. The Kier molecular flexibility index (Phi) is 1.66. The van der Waals surface area contributed by atoms with Crippen LogP contribution in [0.15, 0.2) is 0 Å². The number of nitrogens with zero attached hydrogens (tertiary/aromatic N) is 2. The largest absolute Gasteiger partial charge is 0.435 e. The van der Waals surface area contributed by atoms with Crippen molar-refractivity contribution in [2.75, 3.05) is 0 Å². The molecule has 0 saturated carbocycles. The third-order valence-corrected chi connectivity index (χ3v) is 1.30. The van der Waals surface area contributed by atoms with Crippen molar-refractivity contribution in [3.05, 3.63) is 17.5 Å². The van der Waals surface area contributed by atoms with Crippen LogP contribution in [0.3, 0.4) is 0 Å². The van der Waals surface area contributed by atoms with Crippen LogP contribution in [-0.2, 0) is 13.2 Å². The number of aryl methyl sites for hydroxylation is 2. The highest BCUT2D eigenvalue weighted by Gasteiger charge is 2.34. The third kappa shape index (κ3) is 1.53. The molecule has 61 valence electrons. The van der Waals surface area contributed by atoms with Crippen molar-refractivity contribution in [2.24, 2.45) is 7.05 Å². The van der Waals surface area contributed by atoms with E-state index in [1.165, 1.54) is 14.0 Å².